The van der Waals surface area contributed by atoms with E-state index in [2.05, 4.69) is 11.9 Å². The Morgan fingerprint density at radius 2 is 2.00 bits per heavy atom. The van der Waals surface area contributed by atoms with Crippen molar-refractivity contribution in [3.05, 3.63) is 24.4 Å². The molecule has 0 aliphatic carbocycles. The molecule has 0 aromatic carbocycles. The average Bonchev–Trinajstić information content (AvgIpc) is 2.25. The number of carbonyl (C=O) groups excluding carboxylic acids is 2. The van der Waals surface area contributed by atoms with Crippen molar-refractivity contribution in [1.82, 2.24) is 5.32 Å². The molecule has 0 heterocycles. The second-order valence-electron chi connectivity index (χ2n) is 3.92. The van der Waals surface area contributed by atoms with E-state index in [4.69, 9.17) is 4.74 Å². The standard InChI is InChI=1S/C13H21NO3/c1-6-9(3)10(4)12(14-11(5)15)8-13(16)17-7-2/h6,8-10H,1,7H2,2-5H3,(H,14,15)/t9-,10-/m1/s1. The lowest BCUT2D eigenvalue weighted by molar-refractivity contribution is -0.137. The molecule has 0 unspecified atom stereocenters. The summed E-state index contributed by atoms with van der Waals surface area (Å²) in [6.45, 7) is 11.1. The van der Waals surface area contributed by atoms with E-state index in [0.717, 1.165) is 0 Å². The van der Waals surface area contributed by atoms with Crippen molar-refractivity contribution < 1.29 is 14.3 Å². The molecule has 2 atom stereocenters. The molecule has 0 saturated carbocycles. The lowest BCUT2D eigenvalue weighted by Crippen LogP contribution is -2.27. The second kappa shape index (κ2) is 7.65. The second-order valence-corrected chi connectivity index (χ2v) is 3.92. The van der Waals surface area contributed by atoms with Gasteiger partial charge in [-0.05, 0) is 12.8 Å². The van der Waals surface area contributed by atoms with Gasteiger partial charge in [0.2, 0.25) is 5.91 Å². The molecular weight excluding hydrogens is 218 g/mol. The molecule has 0 fully saturated rings. The van der Waals surface area contributed by atoms with Gasteiger partial charge in [-0.25, -0.2) is 4.79 Å². The fraction of sp³-hybridized carbons (Fsp3) is 0.538. The Hall–Kier alpha value is -1.58. The number of hydrogen-bond donors (Lipinski definition) is 1. The third-order valence-electron chi connectivity index (χ3n) is 2.53. The number of carbonyl (C=O) groups is 2. The van der Waals surface area contributed by atoms with Crippen molar-refractivity contribution in [2.75, 3.05) is 6.61 Å². The molecule has 4 heteroatoms. The van der Waals surface area contributed by atoms with Gasteiger partial charge in [0.05, 0.1) is 6.61 Å². The Bertz CT molecular complexity index is 321. The third kappa shape index (κ3) is 5.90. The van der Waals surface area contributed by atoms with Crippen LogP contribution in [0.2, 0.25) is 0 Å². The first-order valence-corrected chi connectivity index (χ1v) is 5.70. The number of hydrogen-bond acceptors (Lipinski definition) is 3. The highest BCUT2D eigenvalue weighted by Crippen LogP contribution is 2.19. The highest BCUT2D eigenvalue weighted by Gasteiger charge is 2.16. The maximum absolute atomic E-state index is 11.4. The maximum Gasteiger partial charge on any atom is 0.332 e. The van der Waals surface area contributed by atoms with Crippen molar-refractivity contribution in [3.8, 4) is 0 Å². The van der Waals surface area contributed by atoms with Crippen LogP contribution in [-0.4, -0.2) is 18.5 Å². The van der Waals surface area contributed by atoms with Gasteiger partial charge >= 0.3 is 5.97 Å². The number of ether oxygens (including phenoxy) is 1. The predicted molar refractivity (Wildman–Crippen MR) is 67.1 cm³/mol. The van der Waals surface area contributed by atoms with Gasteiger partial charge in [0.1, 0.15) is 0 Å². The van der Waals surface area contributed by atoms with E-state index in [9.17, 15) is 9.59 Å². The molecule has 0 aliphatic heterocycles. The first-order valence-electron chi connectivity index (χ1n) is 5.70. The predicted octanol–water partition coefficient (Wildman–Crippen LogP) is 2.03. The summed E-state index contributed by atoms with van der Waals surface area (Å²) in [6, 6.07) is 0. The van der Waals surface area contributed by atoms with Gasteiger partial charge in [-0.2, -0.15) is 0 Å². The summed E-state index contributed by atoms with van der Waals surface area (Å²) in [6.07, 6.45) is 3.11. The summed E-state index contributed by atoms with van der Waals surface area (Å²) in [5, 5.41) is 2.66. The zero-order valence-electron chi connectivity index (χ0n) is 10.9. The third-order valence-corrected chi connectivity index (χ3v) is 2.53. The molecule has 96 valence electrons. The van der Waals surface area contributed by atoms with Gasteiger partial charge in [0.15, 0.2) is 0 Å². The Balaban J connectivity index is 4.91. The average molecular weight is 239 g/mol. The van der Waals surface area contributed by atoms with Crippen molar-refractivity contribution in [1.29, 1.82) is 0 Å². The van der Waals surface area contributed by atoms with E-state index in [-0.39, 0.29) is 17.7 Å². The van der Waals surface area contributed by atoms with Crippen LogP contribution < -0.4 is 5.32 Å². The normalized spacial score (nSPS) is 14.7. The minimum Gasteiger partial charge on any atom is -0.463 e. The molecule has 17 heavy (non-hydrogen) atoms. The first kappa shape index (κ1) is 15.4. The summed E-state index contributed by atoms with van der Waals surface area (Å²) >= 11 is 0. The molecule has 0 aliphatic rings. The molecule has 1 amide bonds. The van der Waals surface area contributed by atoms with Gasteiger partial charge in [-0.15, -0.1) is 6.58 Å². The molecule has 0 aromatic heterocycles. The van der Waals surface area contributed by atoms with Gasteiger partial charge in [-0.3, -0.25) is 4.79 Å². The molecule has 4 nitrogen and oxygen atoms in total. The summed E-state index contributed by atoms with van der Waals surface area (Å²) in [4.78, 5) is 22.5. The van der Waals surface area contributed by atoms with Crippen LogP contribution in [0.3, 0.4) is 0 Å². The number of esters is 1. The van der Waals surface area contributed by atoms with Crippen molar-refractivity contribution in [2.45, 2.75) is 27.7 Å². The molecule has 0 radical (unpaired) electrons. The van der Waals surface area contributed by atoms with Gasteiger partial charge in [-0.1, -0.05) is 19.9 Å². The fourth-order valence-corrected chi connectivity index (χ4v) is 1.28. The molecule has 0 spiro atoms. The molecule has 0 bridgehead atoms. The van der Waals surface area contributed by atoms with E-state index in [1.54, 1.807) is 13.0 Å². The molecule has 0 rings (SSSR count). The van der Waals surface area contributed by atoms with Crippen LogP contribution in [0.5, 0.6) is 0 Å². The highest BCUT2D eigenvalue weighted by atomic mass is 16.5. The van der Waals surface area contributed by atoms with Crippen LogP contribution in [0.4, 0.5) is 0 Å². The number of amides is 1. The summed E-state index contributed by atoms with van der Waals surface area (Å²) < 4.78 is 4.83. The van der Waals surface area contributed by atoms with Gasteiger partial charge < -0.3 is 10.1 Å². The Morgan fingerprint density at radius 1 is 1.41 bits per heavy atom. The van der Waals surface area contributed by atoms with Crippen molar-refractivity contribution in [3.63, 3.8) is 0 Å². The maximum atomic E-state index is 11.4. The van der Waals surface area contributed by atoms with Crippen LogP contribution >= 0.6 is 0 Å². The zero-order valence-corrected chi connectivity index (χ0v) is 10.9. The van der Waals surface area contributed by atoms with Crippen LogP contribution in [0.1, 0.15) is 27.7 Å². The fourth-order valence-electron chi connectivity index (χ4n) is 1.28. The Morgan fingerprint density at radius 3 is 2.41 bits per heavy atom. The quantitative estimate of drug-likeness (QED) is 0.438. The van der Waals surface area contributed by atoms with Crippen LogP contribution in [0.25, 0.3) is 0 Å². The first-order chi connectivity index (χ1) is 7.92. The lowest BCUT2D eigenvalue weighted by atomic mass is 9.92. The summed E-state index contributed by atoms with van der Waals surface area (Å²) in [5.74, 6) is -0.494. The zero-order chi connectivity index (χ0) is 13.4. The van der Waals surface area contributed by atoms with Crippen molar-refractivity contribution in [2.24, 2.45) is 11.8 Å². The van der Waals surface area contributed by atoms with Crippen molar-refractivity contribution >= 4 is 11.9 Å². The monoisotopic (exact) mass is 239 g/mol. The van der Waals surface area contributed by atoms with Crippen LogP contribution in [-0.2, 0) is 14.3 Å². The smallest absolute Gasteiger partial charge is 0.332 e. The Labute approximate surface area is 103 Å². The Kier molecular flexibility index (Phi) is 6.94. The topological polar surface area (TPSA) is 55.4 Å². The van der Waals surface area contributed by atoms with E-state index in [1.165, 1.54) is 13.0 Å². The lowest BCUT2D eigenvalue weighted by Gasteiger charge is -2.20. The molecular formula is C13H21NO3. The summed E-state index contributed by atoms with van der Waals surface area (Å²) in [7, 11) is 0. The molecule has 1 N–H and O–H groups in total. The van der Waals surface area contributed by atoms with E-state index in [1.807, 2.05) is 13.8 Å². The minimum atomic E-state index is -0.445. The molecule has 0 saturated heterocycles. The number of rotatable bonds is 6. The van der Waals surface area contributed by atoms with Gasteiger partial charge in [0.25, 0.3) is 0 Å². The number of allylic oxidation sites excluding steroid dienone is 2. The summed E-state index contributed by atoms with van der Waals surface area (Å²) in [5.41, 5.74) is 0.559. The van der Waals surface area contributed by atoms with Crippen LogP contribution in [0, 0.1) is 11.8 Å². The van der Waals surface area contributed by atoms with E-state index in [0.29, 0.717) is 12.3 Å². The van der Waals surface area contributed by atoms with E-state index >= 15 is 0 Å². The van der Waals surface area contributed by atoms with Crippen LogP contribution in [0.15, 0.2) is 24.4 Å². The number of nitrogens with one attached hydrogen (secondary N) is 1. The SMILES string of the molecule is C=C[C@@H](C)[C@@H](C)C(=CC(=O)OCC)NC(C)=O. The highest BCUT2D eigenvalue weighted by molar-refractivity contribution is 5.84. The largest absolute Gasteiger partial charge is 0.463 e. The minimum absolute atomic E-state index is 0.000746. The van der Waals surface area contributed by atoms with E-state index < -0.39 is 5.97 Å². The van der Waals surface area contributed by atoms with Gasteiger partial charge in [0, 0.05) is 24.6 Å². The molecule has 0 aromatic rings.